The van der Waals surface area contributed by atoms with Gasteiger partial charge in [-0.15, -0.1) is 0 Å². The number of rotatable bonds is 4. The van der Waals surface area contributed by atoms with E-state index >= 15 is 0 Å². The van der Waals surface area contributed by atoms with E-state index in [-0.39, 0.29) is 5.91 Å². The molecule has 2 rings (SSSR count). The Morgan fingerprint density at radius 3 is 2.52 bits per heavy atom. The first-order chi connectivity index (χ1) is 9.95. The number of anilines is 1. The molecule has 5 heteroatoms. The molecule has 1 N–H and O–H groups in total. The van der Waals surface area contributed by atoms with Crippen molar-refractivity contribution in [1.82, 2.24) is 0 Å². The molecule has 0 aliphatic heterocycles. The molecule has 2 aromatic carbocycles. The molecule has 0 heterocycles. The van der Waals surface area contributed by atoms with Crippen molar-refractivity contribution in [1.29, 1.82) is 0 Å². The van der Waals surface area contributed by atoms with Crippen LogP contribution in [-0.2, 0) is 4.79 Å². The largest absolute Gasteiger partial charge is 0.481 e. The van der Waals surface area contributed by atoms with Crippen LogP contribution in [0.1, 0.15) is 12.5 Å². The van der Waals surface area contributed by atoms with Gasteiger partial charge in [-0.2, -0.15) is 0 Å². The molecule has 21 heavy (non-hydrogen) atoms. The summed E-state index contributed by atoms with van der Waals surface area (Å²) in [5, 5.41) is 3.48. The lowest BCUT2D eigenvalue weighted by Crippen LogP contribution is -2.30. The van der Waals surface area contributed by atoms with E-state index in [1.54, 1.807) is 25.1 Å². The lowest BCUT2D eigenvalue weighted by atomic mass is 10.2. The summed E-state index contributed by atoms with van der Waals surface area (Å²) in [5.41, 5.74) is 1.65. The van der Waals surface area contributed by atoms with E-state index < -0.39 is 6.10 Å². The molecule has 0 fully saturated rings. The summed E-state index contributed by atoms with van der Waals surface area (Å²) in [7, 11) is 0. The van der Waals surface area contributed by atoms with Gasteiger partial charge >= 0.3 is 0 Å². The van der Waals surface area contributed by atoms with Crippen LogP contribution in [0.2, 0.25) is 5.02 Å². The Hall–Kier alpha value is -1.27. The fraction of sp³-hybridized carbons (Fsp3) is 0.188. The Morgan fingerprint density at radius 2 is 1.90 bits per heavy atom. The molecule has 0 unspecified atom stereocenters. The maximum atomic E-state index is 12.1. The van der Waals surface area contributed by atoms with Crippen LogP contribution in [0.5, 0.6) is 5.75 Å². The number of carbonyl (C=O) groups excluding carboxylic acids is 1. The molecule has 0 spiro atoms. The molecule has 0 aliphatic rings. The van der Waals surface area contributed by atoms with E-state index in [2.05, 4.69) is 27.9 Å². The van der Waals surface area contributed by atoms with Crippen LogP contribution < -0.4 is 10.1 Å². The van der Waals surface area contributed by atoms with Gasteiger partial charge in [-0.25, -0.2) is 0 Å². The number of nitrogens with one attached hydrogen (secondary N) is 1. The van der Waals surface area contributed by atoms with E-state index in [4.69, 9.17) is 16.3 Å². The Labute approximate surface area is 142 Å². The summed E-state index contributed by atoms with van der Waals surface area (Å²) < 4.78 is 6.80. The number of hydrogen-bond donors (Lipinski definition) is 1. The highest BCUT2D eigenvalue weighted by Gasteiger charge is 2.15. The molecule has 0 aliphatic carbocycles. The van der Waals surface area contributed by atoms with Gasteiger partial charge in [0, 0.05) is 14.3 Å². The summed E-state index contributed by atoms with van der Waals surface area (Å²) in [6.07, 6.45) is -0.593. The number of amides is 1. The lowest BCUT2D eigenvalue weighted by molar-refractivity contribution is -0.122. The predicted octanol–water partition coefficient (Wildman–Crippen LogP) is 4.66. The van der Waals surface area contributed by atoms with Gasteiger partial charge in [0.1, 0.15) is 5.75 Å². The fourth-order valence-corrected chi connectivity index (χ4v) is 2.35. The molecular formula is C16H15ClINO2. The second kappa shape index (κ2) is 7.13. The third-order valence-electron chi connectivity index (χ3n) is 2.92. The van der Waals surface area contributed by atoms with Gasteiger partial charge in [0.15, 0.2) is 6.10 Å². The standard InChI is InChI=1S/C16H15ClINO2/c1-10-9-12(17)3-8-15(10)21-11(2)16(20)19-14-6-4-13(18)5-7-14/h3-9,11H,1-2H3,(H,19,20)/t11-/m0/s1. The molecule has 0 saturated carbocycles. The maximum absolute atomic E-state index is 12.1. The van der Waals surface area contributed by atoms with Crippen LogP contribution in [-0.4, -0.2) is 12.0 Å². The zero-order valence-electron chi connectivity index (χ0n) is 11.7. The molecule has 1 amide bonds. The van der Waals surface area contributed by atoms with Crippen molar-refractivity contribution >= 4 is 45.8 Å². The van der Waals surface area contributed by atoms with Crippen molar-refractivity contribution < 1.29 is 9.53 Å². The first-order valence-corrected chi connectivity index (χ1v) is 7.90. The van der Waals surface area contributed by atoms with E-state index in [0.29, 0.717) is 10.8 Å². The summed E-state index contributed by atoms with van der Waals surface area (Å²) in [6.45, 7) is 3.61. The lowest BCUT2D eigenvalue weighted by Gasteiger charge is -2.16. The number of benzene rings is 2. The Balaban J connectivity index is 2.00. The van der Waals surface area contributed by atoms with Crippen molar-refractivity contribution in [3.63, 3.8) is 0 Å². The third-order valence-corrected chi connectivity index (χ3v) is 3.88. The summed E-state index contributed by atoms with van der Waals surface area (Å²) in [6, 6.07) is 12.9. The van der Waals surface area contributed by atoms with Gasteiger partial charge < -0.3 is 10.1 Å². The molecule has 110 valence electrons. The predicted molar refractivity (Wildman–Crippen MR) is 94.1 cm³/mol. The van der Waals surface area contributed by atoms with Gasteiger partial charge in [0.05, 0.1) is 0 Å². The highest BCUT2D eigenvalue weighted by atomic mass is 127. The molecule has 1 atom stereocenters. The van der Waals surface area contributed by atoms with Crippen LogP contribution >= 0.6 is 34.2 Å². The molecular weight excluding hydrogens is 401 g/mol. The number of ether oxygens (including phenoxy) is 1. The first kappa shape index (κ1) is 16.1. The summed E-state index contributed by atoms with van der Waals surface area (Å²) >= 11 is 8.12. The molecule has 0 saturated heterocycles. The quantitative estimate of drug-likeness (QED) is 0.738. The average Bonchev–Trinajstić information content (AvgIpc) is 2.44. The van der Waals surface area contributed by atoms with Gasteiger partial charge in [0.2, 0.25) is 0 Å². The molecule has 0 aromatic heterocycles. The van der Waals surface area contributed by atoms with E-state index in [1.807, 2.05) is 31.2 Å². The van der Waals surface area contributed by atoms with Crippen LogP contribution in [0.25, 0.3) is 0 Å². The van der Waals surface area contributed by atoms with Crippen LogP contribution in [0.3, 0.4) is 0 Å². The highest BCUT2D eigenvalue weighted by Crippen LogP contribution is 2.23. The normalized spacial score (nSPS) is 11.8. The van der Waals surface area contributed by atoms with Crippen molar-refractivity contribution in [2.75, 3.05) is 5.32 Å². The number of carbonyl (C=O) groups is 1. The minimum Gasteiger partial charge on any atom is -0.481 e. The molecule has 0 radical (unpaired) electrons. The fourth-order valence-electron chi connectivity index (χ4n) is 1.77. The number of hydrogen-bond acceptors (Lipinski definition) is 2. The van der Waals surface area contributed by atoms with Crippen molar-refractivity contribution in [2.24, 2.45) is 0 Å². The van der Waals surface area contributed by atoms with Gasteiger partial charge in [-0.3, -0.25) is 4.79 Å². The van der Waals surface area contributed by atoms with E-state index in [1.165, 1.54) is 0 Å². The zero-order valence-corrected chi connectivity index (χ0v) is 14.6. The topological polar surface area (TPSA) is 38.3 Å². The maximum Gasteiger partial charge on any atom is 0.265 e. The molecule has 2 aromatic rings. The zero-order chi connectivity index (χ0) is 15.4. The van der Waals surface area contributed by atoms with Gasteiger partial charge in [0.25, 0.3) is 5.91 Å². The van der Waals surface area contributed by atoms with Crippen LogP contribution in [0, 0.1) is 10.5 Å². The summed E-state index contributed by atoms with van der Waals surface area (Å²) in [4.78, 5) is 12.1. The van der Waals surface area contributed by atoms with Gasteiger partial charge in [-0.05, 0) is 84.5 Å². The smallest absolute Gasteiger partial charge is 0.265 e. The van der Waals surface area contributed by atoms with Crippen LogP contribution in [0.15, 0.2) is 42.5 Å². The second-order valence-electron chi connectivity index (χ2n) is 4.67. The number of halogens is 2. The van der Waals surface area contributed by atoms with Gasteiger partial charge in [-0.1, -0.05) is 11.6 Å². The monoisotopic (exact) mass is 415 g/mol. The highest BCUT2D eigenvalue weighted by molar-refractivity contribution is 14.1. The van der Waals surface area contributed by atoms with Crippen molar-refractivity contribution in [2.45, 2.75) is 20.0 Å². The molecule has 0 bridgehead atoms. The minimum absolute atomic E-state index is 0.189. The summed E-state index contributed by atoms with van der Waals surface area (Å²) in [5.74, 6) is 0.468. The second-order valence-corrected chi connectivity index (χ2v) is 6.35. The van der Waals surface area contributed by atoms with E-state index in [0.717, 1.165) is 14.8 Å². The Morgan fingerprint density at radius 1 is 1.24 bits per heavy atom. The first-order valence-electron chi connectivity index (χ1n) is 6.45. The van der Waals surface area contributed by atoms with Crippen LogP contribution in [0.4, 0.5) is 5.69 Å². The average molecular weight is 416 g/mol. The minimum atomic E-state index is -0.593. The molecule has 3 nitrogen and oxygen atoms in total. The Bertz CT molecular complexity index is 643. The Kier molecular flexibility index (Phi) is 5.47. The van der Waals surface area contributed by atoms with Crippen molar-refractivity contribution in [3.8, 4) is 5.75 Å². The number of aryl methyl sites for hydroxylation is 1. The van der Waals surface area contributed by atoms with Crippen molar-refractivity contribution in [3.05, 3.63) is 56.6 Å². The third kappa shape index (κ3) is 4.61. The SMILES string of the molecule is Cc1cc(Cl)ccc1O[C@@H](C)C(=O)Nc1ccc(I)cc1. The van der Waals surface area contributed by atoms with E-state index in [9.17, 15) is 4.79 Å².